The van der Waals surface area contributed by atoms with E-state index >= 15 is 0 Å². The minimum absolute atomic E-state index is 0.106. The molecule has 1 aromatic carbocycles. The first-order valence-electron chi connectivity index (χ1n) is 7.09. The summed E-state index contributed by atoms with van der Waals surface area (Å²) < 4.78 is 4.94. The van der Waals surface area contributed by atoms with E-state index in [4.69, 9.17) is 20.1 Å². The van der Waals surface area contributed by atoms with Crippen LogP contribution < -0.4 is 14.7 Å². The Morgan fingerprint density at radius 3 is 2.00 bits per heavy atom. The van der Waals surface area contributed by atoms with E-state index in [1.807, 2.05) is 19.1 Å². The Hall–Kier alpha value is -1.67. The van der Waals surface area contributed by atoms with Crippen molar-refractivity contribution in [3.8, 4) is 5.75 Å². The molecule has 1 aromatic rings. The Balaban J connectivity index is 0.000000409. The maximum absolute atomic E-state index is 10.0. The van der Waals surface area contributed by atoms with Gasteiger partial charge in [-0.05, 0) is 18.6 Å². The highest BCUT2D eigenvalue weighted by molar-refractivity contribution is 5.66. The van der Waals surface area contributed by atoms with Crippen LogP contribution in [0.15, 0.2) is 24.3 Å². The molecule has 0 aliphatic heterocycles. The molecule has 0 unspecified atom stereocenters. The molecule has 0 fully saturated rings. The number of nitrogens with one attached hydrogen (secondary N) is 1. The number of hydrogen-bond acceptors (Lipinski definition) is 6. The standard InChI is InChI=1S/C9H10O3.C6H15NO3/c1-7-4-2-3-5-8(7)12-6-9(10)11;8-4-1-7(2-5-9)3-6-10/h2-5H,6H2,1H3,(H,10,11);8-10H,1-6H2. The van der Waals surface area contributed by atoms with Crippen molar-refractivity contribution >= 4 is 5.97 Å². The molecule has 0 spiro atoms. The number of hydrogen-bond donors (Lipinski definition) is 4. The second-order valence-electron chi connectivity index (χ2n) is 4.60. The van der Waals surface area contributed by atoms with Crippen LogP contribution in [0.4, 0.5) is 0 Å². The van der Waals surface area contributed by atoms with Crippen molar-refractivity contribution in [2.45, 2.75) is 6.92 Å². The fourth-order valence-corrected chi connectivity index (χ4v) is 1.70. The van der Waals surface area contributed by atoms with Crippen LogP contribution in [0.1, 0.15) is 5.56 Å². The average molecular weight is 315 g/mol. The normalized spacial score (nSPS) is 10.0. The van der Waals surface area contributed by atoms with Crippen molar-refractivity contribution in [1.82, 2.24) is 0 Å². The SMILES string of the molecule is Cc1ccccc1OCC(=O)[O-].OCC[NH+](CCO)CCO. The van der Waals surface area contributed by atoms with Crippen LogP contribution in [0.25, 0.3) is 0 Å². The van der Waals surface area contributed by atoms with Crippen LogP contribution in [-0.4, -0.2) is 67.4 Å². The van der Waals surface area contributed by atoms with E-state index in [0.29, 0.717) is 25.4 Å². The maximum Gasteiger partial charge on any atom is 0.128 e. The molecule has 0 aliphatic carbocycles. The molecule has 22 heavy (non-hydrogen) atoms. The number of aliphatic carboxylic acids is 1. The summed E-state index contributed by atoms with van der Waals surface area (Å²) in [7, 11) is 0. The van der Waals surface area contributed by atoms with Gasteiger partial charge < -0.3 is 34.9 Å². The molecule has 1 rings (SSSR count). The molecule has 4 N–H and O–H groups in total. The highest BCUT2D eigenvalue weighted by Gasteiger charge is 2.04. The first-order chi connectivity index (χ1) is 10.5. The number of para-hydroxylation sites is 1. The molecule has 0 atom stereocenters. The number of aliphatic hydroxyl groups excluding tert-OH is 3. The molecule has 0 heterocycles. The Kier molecular flexibility index (Phi) is 12.0. The number of carboxylic acids is 1. The molecule has 0 radical (unpaired) electrons. The lowest BCUT2D eigenvalue weighted by molar-refractivity contribution is -0.901. The van der Waals surface area contributed by atoms with Gasteiger partial charge in [0.05, 0.1) is 25.8 Å². The van der Waals surface area contributed by atoms with Crippen LogP contribution in [-0.2, 0) is 4.79 Å². The molecule has 7 nitrogen and oxygen atoms in total. The summed E-state index contributed by atoms with van der Waals surface area (Å²) in [5, 5.41) is 35.6. The lowest BCUT2D eigenvalue weighted by Gasteiger charge is -2.15. The van der Waals surface area contributed by atoms with Gasteiger partial charge in [-0.15, -0.1) is 0 Å². The zero-order valence-corrected chi connectivity index (χ0v) is 12.8. The highest BCUT2D eigenvalue weighted by atomic mass is 16.5. The van der Waals surface area contributed by atoms with Gasteiger partial charge in [-0.1, -0.05) is 18.2 Å². The molecular formula is C15H25NO6. The number of aryl methyl sites for hydroxylation is 1. The van der Waals surface area contributed by atoms with Crippen molar-refractivity contribution in [1.29, 1.82) is 0 Å². The average Bonchev–Trinajstić information content (AvgIpc) is 2.48. The fourth-order valence-electron chi connectivity index (χ4n) is 1.70. The summed E-state index contributed by atoms with van der Waals surface area (Å²) in [5.74, 6) is -0.625. The van der Waals surface area contributed by atoms with Gasteiger partial charge >= 0.3 is 0 Å². The van der Waals surface area contributed by atoms with Crippen LogP contribution in [0.2, 0.25) is 0 Å². The van der Waals surface area contributed by atoms with Crippen LogP contribution in [0.5, 0.6) is 5.75 Å². The number of carbonyl (C=O) groups excluding carboxylic acids is 1. The zero-order valence-electron chi connectivity index (χ0n) is 12.8. The largest absolute Gasteiger partial charge is 0.546 e. The lowest BCUT2D eigenvalue weighted by Crippen LogP contribution is -3.13. The number of quaternary nitrogens is 1. The molecule has 0 saturated carbocycles. The van der Waals surface area contributed by atoms with Crippen molar-refractivity contribution in [2.75, 3.05) is 46.1 Å². The van der Waals surface area contributed by atoms with Crippen LogP contribution in [0.3, 0.4) is 0 Å². The Labute approximate surface area is 130 Å². The van der Waals surface area contributed by atoms with Gasteiger partial charge in [0.2, 0.25) is 0 Å². The first kappa shape index (κ1) is 20.3. The Morgan fingerprint density at radius 2 is 1.59 bits per heavy atom. The second kappa shape index (κ2) is 13.0. The molecule has 0 bridgehead atoms. The molecule has 126 valence electrons. The number of carboxylic acid groups (broad SMARTS) is 1. The van der Waals surface area contributed by atoms with Crippen molar-refractivity contribution in [2.24, 2.45) is 0 Å². The number of ether oxygens (including phenoxy) is 1. The van der Waals surface area contributed by atoms with E-state index in [-0.39, 0.29) is 19.8 Å². The first-order valence-corrected chi connectivity index (χ1v) is 7.09. The number of carbonyl (C=O) groups is 1. The van der Waals surface area contributed by atoms with Gasteiger partial charge in [-0.3, -0.25) is 0 Å². The molecule has 7 heteroatoms. The topological polar surface area (TPSA) is 114 Å². The monoisotopic (exact) mass is 315 g/mol. The Bertz CT molecular complexity index is 399. The van der Waals surface area contributed by atoms with E-state index in [2.05, 4.69) is 0 Å². The smallest absolute Gasteiger partial charge is 0.128 e. The third-order valence-corrected chi connectivity index (χ3v) is 2.84. The van der Waals surface area contributed by atoms with Gasteiger partial charge in [0.1, 0.15) is 32.0 Å². The van der Waals surface area contributed by atoms with Crippen LogP contribution >= 0.6 is 0 Å². The van der Waals surface area contributed by atoms with E-state index < -0.39 is 12.6 Å². The predicted molar refractivity (Wildman–Crippen MR) is 78.5 cm³/mol. The third-order valence-electron chi connectivity index (χ3n) is 2.84. The van der Waals surface area contributed by atoms with Gasteiger partial charge in [-0.2, -0.15) is 0 Å². The van der Waals surface area contributed by atoms with E-state index in [0.717, 1.165) is 10.5 Å². The summed E-state index contributed by atoms with van der Waals surface area (Å²) in [5.41, 5.74) is 0.916. The number of rotatable bonds is 9. The van der Waals surface area contributed by atoms with Gasteiger partial charge in [0.15, 0.2) is 0 Å². The second-order valence-corrected chi connectivity index (χ2v) is 4.60. The third kappa shape index (κ3) is 10.1. The summed E-state index contributed by atoms with van der Waals surface area (Å²) in [4.78, 5) is 11.1. The molecule has 0 aliphatic rings. The van der Waals surface area contributed by atoms with E-state index in [1.54, 1.807) is 12.1 Å². The van der Waals surface area contributed by atoms with Gasteiger partial charge in [0.25, 0.3) is 0 Å². The van der Waals surface area contributed by atoms with Crippen molar-refractivity contribution in [3.63, 3.8) is 0 Å². The summed E-state index contributed by atoms with van der Waals surface area (Å²) >= 11 is 0. The highest BCUT2D eigenvalue weighted by Crippen LogP contribution is 2.15. The molecule has 0 aromatic heterocycles. The summed E-state index contributed by atoms with van der Waals surface area (Å²) in [6, 6.07) is 7.22. The Morgan fingerprint density at radius 1 is 1.09 bits per heavy atom. The number of aliphatic hydroxyl groups is 3. The minimum atomic E-state index is -1.21. The number of benzene rings is 1. The maximum atomic E-state index is 10.0. The van der Waals surface area contributed by atoms with Crippen molar-refractivity contribution < 1.29 is 34.9 Å². The van der Waals surface area contributed by atoms with Gasteiger partial charge in [-0.25, -0.2) is 0 Å². The molecule has 0 amide bonds. The molecular weight excluding hydrogens is 290 g/mol. The molecule has 0 saturated heterocycles. The van der Waals surface area contributed by atoms with Crippen LogP contribution in [0, 0.1) is 6.92 Å². The van der Waals surface area contributed by atoms with E-state index in [9.17, 15) is 9.90 Å². The zero-order chi connectivity index (χ0) is 16.8. The lowest BCUT2D eigenvalue weighted by atomic mass is 10.2. The minimum Gasteiger partial charge on any atom is -0.546 e. The van der Waals surface area contributed by atoms with Crippen molar-refractivity contribution in [3.05, 3.63) is 29.8 Å². The summed E-state index contributed by atoms with van der Waals surface area (Å²) in [6.45, 7) is 3.57. The summed E-state index contributed by atoms with van der Waals surface area (Å²) in [6.07, 6.45) is 0. The van der Waals surface area contributed by atoms with E-state index in [1.165, 1.54) is 0 Å². The quantitative estimate of drug-likeness (QED) is 0.385. The van der Waals surface area contributed by atoms with Gasteiger partial charge in [0, 0.05) is 0 Å². The fraction of sp³-hybridized carbons (Fsp3) is 0.533. The predicted octanol–water partition coefficient (Wildman–Crippen LogP) is -3.03.